The first-order chi connectivity index (χ1) is 9.52. The molecule has 2 aliphatic rings. The third-order valence-electron chi connectivity index (χ3n) is 6.31. The lowest BCUT2D eigenvalue weighted by Crippen LogP contribution is -2.50. The van der Waals surface area contributed by atoms with Gasteiger partial charge in [0.05, 0.1) is 0 Å². The van der Waals surface area contributed by atoms with Gasteiger partial charge in [0.2, 0.25) is 0 Å². The molecule has 1 aliphatic heterocycles. The van der Waals surface area contributed by atoms with Crippen LogP contribution in [0.1, 0.15) is 59.8 Å². The Labute approximate surface area is 126 Å². The molecule has 0 spiro atoms. The molecule has 2 rings (SSSR count). The summed E-state index contributed by atoms with van der Waals surface area (Å²) in [4.78, 5) is 2.78. The van der Waals surface area contributed by atoms with Crippen LogP contribution >= 0.6 is 0 Å². The number of hydrogen-bond donors (Lipinski definition) is 1. The Hall–Kier alpha value is -0.0800. The van der Waals surface area contributed by atoms with Crippen molar-refractivity contribution in [2.24, 2.45) is 23.7 Å². The fourth-order valence-corrected chi connectivity index (χ4v) is 4.47. The lowest BCUT2D eigenvalue weighted by atomic mass is 9.73. The minimum atomic E-state index is 0.745. The Kier molecular flexibility index (Phi) is 5.92. The topological polar surface area (TPSA) is 15.3 Å². The highest BCUT2D eigenvalue weighted by Crippen LogP contribution is 2.35. The number of hydrogen-bond acceptors (Lipinski definition) is 2. The number of piperidine rings is 1. The van der Waals surface area contributed by atoms with Gasteiger partial charge < -0.3 is 10.2 Å². The van der Waals surface area contributed by atoms with Crippen LogP contribution < -0.4 is 5.32 Å². The van der Waals surface area contributed by atoms with E-state index in [0.29, 0.717) is 0 Å². The molecule has 1 N–H and O–H groups in total. The van der Waals surface area contributed by atoms with Gasteiger partial charge in [0, 0.05) is 18.6 Å². The van der Waals surface area contributed by atoms with Crippen molar-refractivity contribution >= 4 is 0 Å². The Morgan fingerprint density at radius 2 is 1.90 bits per heavy atom. The van der Waals surface area contributed by atoms with Gasteiger partial charge in [-0.05, 0) is 76.3 Å². The van der Waals surface area contributed by atoms with Gasteiger partial charge in [-0.15, -0.1) is 0 Å². The second-order valence-electron chi connectivity index (χ2n) is 7.83. The number of nitrogens with zero attached hydrogens (tertiary/aromatic N) is 1. The summed E-state index contributed by atoms with van der Waals surface area (Å²) in [5.74, 6) is 3.53. The van der Waals surface area contributed by atoms with E-state index in [-0.39, 0.29) is 0 Å². The predicted octanol–water partition coefficient (Wildman–Crippen LogP) is 3.77. The molecule has 0 bridgehead atoms. The first-order valence-corrected chi connectivity index (χ1v) is 8.94. The molecule has 20 heavy (non-hydrogen) atoms. The molecule has 0 radical (unpaired) electrons. The van der Waals surface area contributed by atoms with Crippen molar-refractivity contribution in [2.45, 2.75) is 71.9 Å². The van der Waals surface area contributed by atoms with Crippen LogP contribution in [0.15, 0.2) is 0 Å². The van der Waals surface area contributed by atoms with E-state index in [2.05, 4.69) is 45.0 Å². The largest absolute Gasteiger partial charge is 0.317 e. The second kappa shape index (κ2) is 7.26. The highest BCUT2D eigenvalue weighted by Gasteiger charge is 2.34. The summed E-state index contributed by atoms with van der Waals surface area (Å²) in [6.45, 7) is 12.3. The smallest absolute Gasteiger partial charge is 0.0105 e. The van der Waals surface area contributed by atoms with Gasteiger partial charge >= 0.3 is 0 Å². The molecule has 0 amide bonds. The molecular formula is C18H36N2. The average molecular weight is 280 g/mol. The van der Waals surface area contributed by atoms with Crippen molar-refractivity contribution in [2.75, 3.05) is 20.1 Å². The van der Waals surface area contributed by atoms with Crippen molar-refractivity contribution in [3.63, 3.8) is 0 Å². The molecule has 0 aromatic heterocycles. The maximum Gasteiger partial charge on any atom is 0.0105 e. The summed E-state index contributed by atoms with van der Waals surface area (Å²) in [7, 11) is 2.16. The van der Waals surface area contributed by atoms with E-state index in [1.54, 1.807) is 0 Å². The first-order valence-electron chi connectivity index (χ1n) is 8.94. The zero-order valence-corrected chi connectivity index (χ0v) is 14.4. The van der Waals surface area contributed by atoms with Gasteiger partial charge in [-0.3, -0.25) is 0 Å². The van der Waals surface area contributed by atoms with Crippen molar-refractivity contribution in [1.82, 2.24) is 10.2 Å². The predicted molar refractivity (Wildman–Crippen MR) is 87.9 cm³/mol. The molecule has 2 nitrogen and oxygen atoms in total. The van der Waals surface area contributed by atoms with Gasteiger partial charge in [-0.25, -0.2) is 0 Å². The maximum absolute atomic E-state index is 3.60. The molecule has 1 aliphatic carbocycles. The maximum atomic E-state index is 3.60. The molecule has 1 heterocycles. The van der Waals surface area contributed by atoms with Crippen LogP contribution in [0, 0.1) is 23.7 Å². The van der Waals surface area contributed by atoms with Gasteiger partial charge in [0.1, 0.15) is 0 Å². The normalized spacial score (nSPS) is 40.2. The van der Waals surface area contributed by atoms with Gasteiger partial charge in [-0.2, -0.15) is 0 Å². The van der Waals surface area contributed by atoms with E-state index in [9.17, 15) is 0 Å². The standard InChI is InChI=1S/C18H36N2/c1-13(2)16-8-9-18(19-5)17(11-16)12-20-10-6-7-14(3)15(20)4/h13-19H,6-12H2,1-5H3. The van der Waals surface area contributed by atoms with Crippen LogP contribution in [-0.4, -0.2) is 37.1 Å². The summed E-state index contributed by atoms with van der Waals surface area (Å²) < 4.78 is 0. The van der Waals surface area contributed by atoms with Crippen molar-refractivity contribution in [3.05, 3.63) is 0 Å². The molecule has 2 heteroatoms. The van der Waals surface area contributed by atoms with Crippen LogP contribution in [0.25, 0.3) is 0 Å². The van der Waals surface area contributed by atoms with E-state index in [0.717, 1.165) is 35.8 Å². The minimum Gasteiger partial charge on any atom is -0.317 e. The Balaban J connectivity index is 1.96. The first kappa shape index (κ1) is 16.3. The monoisotopic (exact) mass is 280 g/mol. The lowest BCUT2D eigenvalue weighted by molar-refractivity contribution is 0.0626. The van der Waals surface area contributed by atoms with Gasteiger partial charge in [-0.1, -0.05) is 20.8 Å². The number of rotatable bonds is 4. The van der Waals surface area contributed by atoms with Crippen LogP contribution in [-0.2, 0) is 0 Å². The summed E-state index contributed by atoms with van der Waals surface area (Å²) >= 11 is 0. The highest BCUT2D eigenvalue weighted by atomic mass is 15.2. The summed E-state index contributed by atoms with van der Waals surface area (Å²) in [5, 5.41) is 3.60. The van der Waals surface area contributed by atoms with E-state index in [4.69, 9.17) is 0 Å². The second-order valence-corrected chi connectivity index (χ2v) is 7.83. The quantitative estimate of drug-likeness (QED) is 0.843. The van der Waals surface area contributed by atoms with E-state index in [1.807, 2.05) is 0 Å². The molecule has 118 valence electrons. The fourth-order valence-electron chi connectivity index (χ4n) is 4.47. The molecular weight excluding hydrogens is 244 g/mol. The average Bonchev–Trinajstić information content (AvgIpc) is 2.43. The van der Waals surface area contributed by atoms with Crippen LogP contribution in [0.5, 0.6) is 0 Å². The molecule has 5 unspecified atom stereocenters. The summed E-state index contributed by atoms with van der Waals surface area (Å²) in [6.07, 6.45) is 7.05. The molecule has 5 atom stereocenters. The molecule has 2 fully saturated rings. The Bertz CT molecular complexity index is 289. The van der Waals surface area contributed by atoms with Crippen molar-refractivity contribution < 1.29 is 0 Å². The SMILES string of the molecule is CNC1CCC(C(C)C)CC1CN1CCCC(C)C1C. The fraction of sp³-hybridized carbons (Fsp3) is 1.00. The Morgan fingerprint density at radius 1 is 1.15 bits per heavy atom. The molecule has 1 saturated carbocycles. The summed E-state index contributed by atoms with van der Waals surface area (Å²) in [5.41, 5.74) is 0. The molecule has 1 saturated heterocycles. The van der Waals surface area contributed by atoms with Crippen molar-refractivity contribution in [1.29, 1.82) is 0 Å². The highest BCUT2D eigenvalue weighted by molar-refractivity contribution is 4.89. The van der Waals surface area contributed by atoms with Crippen LogP contribution in [0.4, 0.5) is 0 Å². The van der Waals surface area contributed by atoms with E-state index in [1.165, 1.54) is 45.2 Å². The molecule has 0 aromatic carbocycles. The minimum absolute atomic E-state index is 0.745. The van der Waals surface area contributed by atoms with Gasteiger partial charge in [0.15, 0.2) is 0 Å². The zero-order valence-electron chi connectivity index (χ0n) is 14.4. The number of likely N-dealkylation sites (tertiary alicyclic amines) is 1. The van der Waals surface area contributed by atoms with Gasteiger partial charge in [0.25, 0.3) is 0 Å². The van der Waals surface area contributed by atoms with E-state index < -0.39 is 0 Å². The lowest BCUT2D eigenvalue weighted by Gasteiger charge is -2.44. The van der Waals surface area contributed by atoms with Crippen LogP contribution in [0.3, 0.4) is 0 Å². The zero-order chi connectivity index (χ0) is 14.7. The molecule has 0 aromatic rings. The summed E-state index contributed by atoms with van der Waals surface area (Å²) in [6, 6.07) is 1.52. The third-order valence-corrected chi connectivity index (χ3v) is 6.31. The van der Waals surface area contributed by atoms with Crippen LogP contribution in [0.2, 0.25) is 0 Å². The Morgan fingerprint density at radius 3 is 2.55 bits per heavy atom. The number of nitrogens with one attached hydrogen (secondary N) is 1. The van der Waals surface area contributed by atoms with E-state index >= 15 is 0 Å². The van der Waals surface area contributed by atoms with Crippen molar-refractivity contribution in [3.8, 4) is 0 Å². The third kappa shape index (κ3) is 3.76.